The predicted octanol–water partition coefficient (Wildman–Crippen LogP) is 3.41. The van der Waals surface area contributed by atoms with Crippen molar-refractivity contribution in [2.24, 2.45) is 0 Å². The third-order valence-electron chi connectivity index (χ3n) is 2.51. The molecule has 1 N–H and O–H groups in total. The number of imidazole rings is 1. The molecule has 0 atom stereocenters. The van der Waals surface area contributed by atoms with Gasteiger partial charge in [-0.1, -0.05) is 24.6 Å². The zero-order valence-electron chi connectivity index (χ0n) is 8.95. The number of nitrogens with one attached hydrogen (secondary N) is 1. The van der Waals surface area contributed by atoms with Crippen LogP contribution in [0.3, 0.4) is 0 Å². The molecular formula is C12H14N2S. The van der Waals surface area contributed by atoms with Gasteiger partial charge in [0.1, 0.15) is 0 Å². The summed E-state index contributed by atoms with van der Waals surface area (Å²) in [5.41, 5.74) is 3.60. The van der Waals surface area contributed by atoms with Gasteiger partial charge in [-0.2, -0.15) is 0 Å². The van der Waals surface area contributed by atoms with Gasteiger partial charge < -0.3 is 4.98 Å². The van der Waals surface area contributed by atoms with Gasteiger partial charge in [-0.3, -0.25) is 4.57 Å². The van der Waals surface area contributed by atoms with Crippen molar-refractivity contribution >= 4 is 12.2 Å². The van der Waals surface area contributed by atoms with E-state index >= 15 is 0 Å². The van der Waals surface area contributed by atoms with Crippen molar-refractivity contribution in [3.05, 3.63) is 46.5 Å². The quantitative estimate of drug-likeness (QED) is 0.766. The maximum Gasteiger partial charge on any atom is 0.182 e. The second-order valence-corrected chi connectivity index (χ2v) is 4.00. The van der Waals surface area contributed by atoms with Crippen LogP contribution < -0.4 is 0 Å². The van der Waals surface area contributed by atoms with Gasteiger partial charge in [0.05, 0.1) is 0 Å². The van der Waals surface area contributed by atoms with Crippen LogP contribution in [0.4, 0.5) is 0 Å². The minimum absolute atomic E-state index is 0.760. The van der Waals surface area contributed by atoms with E-state index in [0.29, 0.717) is 0 Å². The van der Waals surface area contributed by atoms with Gasteiger partial charge in [-0.25, -0.2) is 0 Å². The van der Waals surface area contributed by atoms with E-state index in [1.807, 2.05) is 6.20 Å². The molecule has 0 bridgehead atoms. The monoisotopic (exact) mass is 218 g/mol. The first-order valence-electron chi connectivity index (χ1n) is 5.08. The van der Waals surface area contributed by atoms with Gasteiger partial charge in [0.15, 0.2) is 4.77 Å². The Morgan fingerprint density at radius 2 is 1.93 bits per heavy atom. The molecule has 0 spiro atoms. The molecule has 0 unspecified atom stereocenters. The largest absolute Gasteiger partial charge is 0.337 e. The minimum Gasteiger partial charge on any atom is -0.337 e. The van der Waals surface area contributed by atoms with Crippen LogP contribution in [-0.2, 0) is 6.42 Å². The van der Waals surface area contributed by atoms with Crippen molar-refractivity contribution in [1.29, 1.82) is 0 Å². The van der Waals surface area contributed by atoms with E-state index in [4.69, 9.17) is 12.2 Å². The third kappa shape index (κ3) is 1.88. The van der Waals surface area contributed by atoms with Gasteiger partial charge >= 0.3 is 0 Å². The molecule has 0 aliphatic carbocycles. The average molecular weight is 218 g/mol. The van der Waals surface area contributed by atoms with Crippen LogP contribution >= 0.6 is 12.2 Å². The van der Waals surface area contributed by atoms with E-state index in [-0.39, 0.29) is 0 Å². The van der Waals surface area contributed by atoms with E-state index in [2.05, 4.69) is 47.7 Å². The number of aromatic nitrogens is 2. The lowest BCUT2D eigenvalue weighted by Gasteiger charge is -2.06. The first kappa shape index (κ1) is 10.2. The number of hydrogen-bond acceptors (Lipinski definition) is 1. The van der Waals surface area contributed by atoms with E-state index < -0.39 is 0 Å². The molecule has 0 amide bonds. The summed E-state index contributed by atoms with van der Waals surface area (Å²) in [7, 11) is 0. The van der Waals surface area contributed by atoms with Crippen LogP contribution in [0.2, 0.25) is 0 Å². The summed E-state index contributed by atoms with van der Waals surface area (Å²) in [6.45, 7) is 4.21. The van der Waals surface area contributed by atoms with E-state index in [1.54, 1.807) is 0 Å². The predicted molar refractivity (Wildman–Crippen MR) is 65.1 cm³/mol. The summed E-state index contributed by atoms with van der Waals surface area (Å²) < 4.78 is 2.84. The van der Waals surface area contributed by atoms with Crippen molar-refractivity contribution in [3.63, 3.8) is 0 Å². The molecule has 0 saturated carbocycles. The number of rotatable bonds is 2. The summed E-state index contributed by atoms with van der Waals surface area (Å²) in [4.78, 5) is 3.08. The Labute approximate surface area is 94.6 Å². The SMILES string of the molecule is CCc1c[nH]c(=S)n1-c1ccc(C)cc1. The van der Waals surface area contributed by atoms with Crippen molar-refractivity contribution in [2.75, 3.05) is 0 Å². The van der Waals surface area contributed by atoms with Crippen molar-refractivity contribution in [3.8, 4) is 5.69 Å². The summed E-state index contributed by atoms with van der Waals surface area (Å²) in [5.74, 6) is 0. The van der Waals surface area contributed by atoms with E-state index in [1.165, 1.54) is 11.3 Å². The van der Waals surface area contributed by atoms with Crippen LogP contribution in [0.15, 0.2) is 30.5 Å². The highest BCUT2D eigenvalue weighted by Gasteiger charge is 2.03. The molecule has 1 heterocycles. The Balaban J connectivity index is 2.57. The highest BCUT2D eigenvalue weighted by Crippen LogP contribution is 2.13. The molecule has 0 radical (unpaired) electrons. The molecule has 3 heteroatoms. The summed E-state index contributed by atoms with van der Waals surface area (Å²) in [6.07, 6.45) is 2.95. The summed E-state index contributed by atoms with van der Waals surface area (Å²) in [6, 6.07) is 8.39. The number of nitrogens with zero attached hydrogens (tertiary/aromatic N) is 1. The number of aromatic amines is 1. The molecule has 1 aromatic heterocycles. The maximum absolute atomic E-state index is 5.26. The van der Waals surface area contributed by atoms with Gasteiger partial charge in [0, 0.05) is 17.6 Å². The molecule has 15 heavy (non-hydrogen) atoms. The molecule has 2 aromatic rings. The molecule has 2 nitrogen and oxygen atoms in total. The molecule has 0 aliphatic heterocycles. The van der Waals surface area contributed by atoms with Gasteiger partial charge in [0.2, 0.25) is 0 Å². The Hall–Kier alpha value is -1.35. The highest BCUT2D eigenvalue weighted by atomic mass is 32.1. The van der Waals surface area contributed by atoms with E-state index in [0.717, 1.165) is 16.9 Å². The number of aryl methyl sites for hydroxylation is 2. The smallest absolute Gasteiger partial charge is 0.182 e. The second-order valence-electron chi connectivity index (χ2n) is 3.61. The minimum atomic E-state index is 0.760. The molecule has 0 aliphatic rings. The van der Waals surface area contributed by atoms with E-state index in [9.17, 15) is 0 Å². The second kappa shape index (κ2) is 4.03. The lowest BCUT2D eigenvalue weighted by molar-refractivity contribution is 0.921. The summed E-state index contributed by atoms with van der Waals surface area (Å²) in [5, 5.41) is 0. The molecule has 2 rings (SSSR count). The topological polar surface area (TPSA) is 20.7 Å². The highest BCUT2D eigenvalue weighted by molar-refractivity contribution is 7.71. The molecule has 0 fully saturated rings. The zero-order valence-corrected chi connectivity index (χ0v) is 9.77. The lowest BCUT2D eigenvalue weighted by Crippen LogP contribution is -1.98. The fourth-order valence-corrected chi connectivity index (χ4v) is 1.92. The van der Waals surface area contributed by atoms with Crippen molar-refractivity contribution in [1.82, 2.24) is 9.55 Å². The van der Waals surface area contributed by atoms with Gasteiger partial charge in [-0.15, -0.1) is 0 Å². The fraction of sp³-hybridized carbons (Fsp3) is 0.250. The molecule has 78 valence electrons. The number of hydrogen-bond donors (Lipinski definition) is 1. The Bertz CT molecular complexity index is 505. The van der Waals surface area contributed by atoms with Crippen molar-refractivity contribution in [2.45, 2.75) is 20.3 Å². The van der Waals surface area contributed by atoms with Crippen LogP contribution in [0, 0.1) is 11.7 Å². The molecular weight excluding hydrogens is 204 g/mol. The third-order valence-corrected chi connectivity index (χ3v) is 2.81. The maximum atomic E-state index is 5.26. The van der Waals surface area contributed by atoms with Crippen LogP contribution in [0.25, 0.3) is 5.69 Å². The lowest BCUT2D eigenvalue weighted by atomic mass is 10.2. The number of H-pyrrole nitrogens is 1. The van der Waals surface area contributed by atoms with Crippen LogP contribution in [-0.4, -0.2) is 9.55 Å². The Morgan fingerprint density at radius 1 is 1.27 bits per heavy atom. The molecule has 0 saturated heterocycles. The van der Waals surface area contributed by atoms with Crippen molar-refractivity contribution < 1.29 is 0 Å². The standard InChI is InChI=1S/C12H14N2S/c1-3-10-8-13-12(15)14(10)11-6-4-9(2)5-7-11/h4-8H,3H2,1-2H3,(H,13,15). The zero-order chi connectivity index (χ0) is 10.8. The Kier molecular flexibility index (Phi) is 2.73. The average Bonchev–Trinajstić information content (AvgIpc) is 2.61. The van der Waals surface area contributed by atoms with Gasteiger partial charge in [0.25, 0.3) is 0 Å². The first-order valence-corrected chi connectivity index (χ1v) is 5.49. The normalized spacial score (nSPS) is 10.5. The van der Waals surface area contributed by atoms with Gasteiger partial charge in [-0.05, 0) is 37.7 Å². The molecule has 1 aromatic carbocycles. The van der Waals surface area contributed by atoms with Crippen LogP contribution in [0.1, 0.15) is 18.2 Å². The Morgan fingerprint density at radius 3 is 2.53 bits per heavy atom. The summed E-state index contributed by atoms with van der Waals surface area (Å²) >= 11 is 5.26. The number of benzene rings is 1. The fourth-order valence-electron chi connectivity index (χ4n) is 1.64. The van der Waals surface area contributed by atoms with Crippen LogP contribution in [0.5, 0.6) is 0 Å². The first-order chi connectivity index (χ1) is 7.22.